The van der Waals surface area contributed by atoms with Crippen molar-refractivity contribution in [2.24, 2.45) is 5.73 Å². The first-order valence-corrected chi connectivity index (χ1v) is 13.3. The number of carboxylic acid groups (broad SMARTS) is 1. The summed E-state index contributed by atoms with van der Waals surface area (Å²) < 4.78 is 0. The highest BCUT2D eigenvalue weighted by Gasteiger charge is 2.31. The van der Waals surface area contributed by atoms with E-state index in [2.05, 4.69) is 16.0 Å². The third kappa shape index (κ3) is 10.0. The Morgan fingerprint density at radius 3 is 1.19 bits per heavy atom. The van der Waals surface area contributed by atoms with Gasteiger partial charge in [-0.05, 0) is 53.1 Å². The highest BCUT2D eigenvalue weighted by molar-refractivity contribution is 5.94. The Hall–Kier alpha value is -5.14. The molecule has 0 bridgehead atoms. The smallest absolute Gasteiger partial charge is 0.326 e. The van der Waals surface area contributed by atoms with Gasteiger partial charge in [-0.15, -0.1) is 0 Å². The van der Waals surface area contributed by atoms with Crippen molar-refractivity contribution in [2.75, 3.05) is 6.61 Å². The third-order valence-corrected chi connectivity index (χ3v) is 6.54. The van der Waals surface area contributed by atoms with Gasteiger partial charge in [-0.25, -0.2) is 4.79 Å². The van der Waals surface area contributed by atoms with Gasteiger partial charge in [-0.2, -0.15) is 0 Å². The van der Waals surface area contributed by atoms with Gasteiger partial charge in [0.25, 0.3) is 0 Å². The van der Waals surface area contributed by atoms with E-state index < -0.39 is 54.5 Å². The van der Waals surface area contributed by atoms with Gasteiger partial charge in [-0.3, -0.25) is 14.4 Å². The fourth-order valence-electron chi connectivity index (χ4n) is 4.13. The molecule has 0 saturated carbocycles. The molecular formula is C30H34N4O9. The molecule has 0 aliphatic carbocycles. The zero-order valence-corrected chi connectivity index (χ0v) is 23.0. The van der Waals surface area contributed by atoms with E-state index in [9.17, 15) is 44.7 Å². The highest BCUT2D eigenvalue weighted by Crippen LogP contribution is 2.15. The van der Waals surface area contributed by atoms with Crippen LogP contribution >= 0.6 is 0 Å². The van der Waals surface area contributed by atoms with Crippen molar-refractivity contribution in [1.29, 1.82) is 0 Å². The number of phenolic OH excluding ortho intramolecular Hbond substituents is 3. The maximum absolute atomic E-state index is 13.5. The number of rotatable bonds is 14. The number of aliphatic hydroxyl groups is 1. The van der Waals surface area contributed by atoms with Gasteiger partial charge in [0.1, 0.15) is 41.4 Å². The van der Waals surface area contributed by atoms with Crippen molar-refractivity contribution >= 4 is 23.7 Å². The summed E-state index contributed by atoms with van der Waals surface area (Å²) in [6, 6.07) is 12.2. The quantitative estimate of drug-likeness (QED) is 0.118. The zero-order valence-electron chi connectivity index (χ0n) is 23.0. The van der Waals surface area contributed by atoms with Crippen LogP contribution in [0.1, 0.15) is 16.7 Å². The van der Waals surface area contributed by atoms with E-state index in [0.717, 1.165) is 0 Å². The van der Waals surface area contributed by atoms with Crippen molar-refractivity contribution in [2.45, 2.75) is 43.4 Å². The van der Waals surface area contributed by atoms with E-state index in [1.54, 1.807) is 0 Å². The molecule has 0 heterocycles. The summed E-state index contributed by atoms with van der Waals surface area (Å²) in [7, 11) is 0. The predicted molar refractivity (Wildman–Crippen MR) is 154 cm³/mol. The Labute approximate surface area is 247 Å². The van der Waals surface area contributed by atoms with Crippen LogP contribution < -0.4 is 21.7 Å². The maximum atomic E-state index is 13.5. The molecule has 3 rings (SSSR count). The van der Waals surface area contributed by atoms with Gasteiger partial charge >= 0.3 is 5.97 Å². The van der Waals surface area contributed by atoms with Crippen molar-refractivity contribution < 1.29 is 44.7 Å². The van der Waals surface area contributed by atoms with Crippen molar-refractivity contribution in [1.82, 2.24) is 16.0 Å². The number of nitrogens with two attached hydrogens (primary N) is 1. The average Bonchev–Trinajstić information content (AvgIpc) is 2.98. The first-order valence-electron chi connectivity index (χ1n) is 13.3. The van der Waals surface area contributed by atoms with Gasteiger partial charge in [0.15, 0.2) is 0 Å². The van der Waals surface area contributed by atoms with Crippen molar-refractivity contribution in [3.05, 3.63) is 89.5 Å². The Balaban J connectivity index is 1.86. The molecule has 4 atom stereocenters. The SMILES string of the molecule is NC(CO)C(=O)NC(Cc1ccc(O)cc1)C(=O)NC(Cc1ccc(O)cc1)C(=O)NC(Cc1ccc(O)cc1)C(=O)O. The minimum absolute atomic E-state index is 0.00905. The standard InChI is InChI=1S/C30H34N4O9/c31-23(16-35)27(39)32-24(13-17-1-7-20(36)8-2-17)28(40)33-25(14-18-3-9-21(37)10-4-18)29(41)34-26(30(42)43)15-19-5-11-22(38)12-6-19/h1-12,23-26,35-38H,13-16,31H2,(H,32,39)(H,33,40)(H,34,41)(H,42,43). The van der Waals surface area contributed by atoms with E-state index >= 15 is 0 Å². The molecule has 13 heteroatoms. The lowest BCUT2D eigenvalue weighted by Crippen LogP contribution is -2.58. The minimum atomic E-state index is -1.38. The molecule has 228 valence electrons. The second kappa shape index (κ2) is 15.2. The van der Waals surface area contributed by atoms with Crippen LogP contribution in [0.15, 0.2) is 72.8 Å². The van der Waals surface area contributed by atoms with Crippen LogP contribution in [0.3, 0.4) is 0 Å². The minimum Gasteiger partial charge on any atom is -0.508 e. The number of carbonyl (C=O) groups excluding carboxylic acids is 3. The van der Waals surface area contributed by atoms with Crippen LogP contribution in [0.25, 0.3) is 0 Å². The van der Waals surface area contributed by atoms with Gasteiger partial charge in [0, 0.05) is 19.3 Å². The third-order valence-electron chi connectivity index (χ3n) is 6.54. The van der Waals surface area contributed by atoms with Crippen molar-refractivity contribution in [3.8, 4) is 17.2 Å². The van der Waals surface area contributed by atoms with Gasteiger partial charge in [0.2, 0.25) is 17.7 Å². The topological polar surface area (TPSA) is 232 Å². The molecule has 3 amide bonds. The summed E-state index contributed by atoms with van der Waals surface area (Å²) in [5, 5.41) is 55.3. The van der Waals surface area contributed by atoms with Crippen LogP contribution in [0, 0.1) is 0 Å². The molecule has 0 saturated heterocycles. The normalized spacial score (nSPS) is 13.6. The second-order valence-electron chi connectivity index (χ2n) is 9.92. The Bertz CT molecular complexity index is 1400. The number of carboxylic acids is 1. The first-order chi connectivity index (χ1) is 20.4. The molecule has 10 N–H and O–H groups in total. The molecular weight excluding hydrogens is 560 g/mol. The van der Waals surface area contributed by atoms with E-state index in [1.165, 1.54) is 72.8 Å². The first kappa shape index (κ1) is 32.4. The number of hydrogen-bond donors (Lipinski definition) is 9. The van der Waals surface area contributed by atoms with Crippen molar-refractivity contribution in [3.63, 3.8) is 0 Å². The molecule has 13 nitrogen and oxygen atoms in total. The number of nitrogens with one attached hydrogen (secondary N) is 3. The van der Waals surface area contributed by atoms with Gasteiger partial charge in [-0.1, -0.05) is 36.4 Å². The van der Waals surface area contributed by atoms with Crippen LogP contribution in [0.2, 0.25) is 0 Å². The summed E-state index contributed by atoms with van der Waals surface area (Å²) in [5.74, 6) is -3.81. The summed E-state index contributed by atoms with van der Waals surface area (Å²) >= 11 is 0. The van der Waals surface area contributed by atoms with E-state index in [-0.39, 0.29) is 36.5 Å². The lowest BCUT2D eigenvalue weighted by atomic mass is 10.0. The Morgan fingerprint density at radius 1 is 0.558 bits per heavy atom. The summed E-state index contributed by atoms with van der Waals surface area (Å²) in [6.45, 7) is -0.678. The Kier molecular flexibility index (Phi) is 11.4. The summed E-state index contributed by atoms with van der Waals surface area (Å²) in [5.41, 5.74) is 7.23. The molecule has 43 heavy (non-hydrogen) atoms. The number of phenols is 3. The summed E-state index contributed by atoms with van der Waals surface area (Å²) in [4.78, 5) is 51.5. The number of aliphatic carboxylic acids is 1. The van der Waals surface area contributed by atoms with Gasteiger partial charge in [0.05, 0.1) is 6.61 Å². The van der Waals surface area contributed by atoms with Crippen LogP contribution in [-0.4, -0.2) is 80.0 Å². The molecule has 0 aromatic heterocycles. The maximum Gasteiger partial charge on any atom is 0.326 e. The number of benzene rings is 3. The monoisotopic (exact) mass is 594 g/mol. The highest BCUT2D eigenvalue weighted by atomic mass is 16.4. The van der Waals surface area contributed by atoms with Crippen LogP contribution in [0.4, 0.5) is 0 Å². The number of carbonyl (C=O) groups is 4. The average molecular weight is 595 g/mol. The largest absolute Gasteiger partial charge is 0.508 e. The molecule has 0 fully saturated rings. The zero-order chi connectivity index (χ0) is 31.5. The number of aliphatic hydroxyl groups excluding tert-OH is 1. The molecule has 4 unspecified atom stereocenters. The van der Waals surface area contributed by atoms with E-state index in [1.807, 2.05) is 0 Å². The molecule has 3 aromatic rings. The van der Waals surface area contributed by atoms with E-state index in [0.29, 0.717) is 16.7 Å². The Morgan fingerprint density at radius 2 is 0.860 bits per heavy atom. The molecule has 3 aromatic carbocycles. The fourth-order valence-corrected chi connectivity index (χ4v) is 4.13. The lowest BCUT2D eigenvalue weighted by Gasteiger charge is -2.25. The molecule has 0 spiro atoms. The number of aromatic hydroxyl groups is 3. The number of hydrogen-bond acceptors (Lipinski definition) is 9. The van der Waals surface area contributed by atoms with Crippen LogP contribution in [-0.2, 0) is 38.4 Å². The molecule has 0 aliphatic heterocycles. The second-order valence-corrected chi connectivity index (χ2v) is 9.92. The van der Waals surface area contributed by atoms with Gasteiger partial charge < -0.3 is 47.2 Å². The predicted octanol–water partition coefficient (Wildman–Crippen LogP) is -0.310. The fraction of sp³-hybridized carbons (Fsp3) is 0.267. The molecule has 0 radical (unpaired) electrons. The lowest BCUT2D eigenvalue weighted by molar-refractivity contribution is -0.142. The number of amides is 3. The van der Waals surface area contributed by atoms with Crippen LogP contribution in [0.5, 0.6) is 17.2 Å². The summed E-state index contributed by atoms with van der Waals surface area (Å²) in [6.07, 6.45) is -0.276. The molecule has 0 aliphatic rings. The van der Waals surface area contributed by atoms with E-state index in [4.69, 9.17) is 5.73 Å².